The van der Waals surface area contributed by atoms with Crippen LogP contribution in [0.25, 0.3) is 11.3 Å². The van der Waals surface area contributed by atoms with E-state index in [1.807, 2.05) is 49.4 Å². The lowest BCUT2D eigenvalue weighted by Crippen LogP contribution is -2.21. The molecule has 26 heavy (non-hydrogen) atoms. The number of rotatable bonds is 5. The average Bonchev–Trinajstić information content (AvgIpc) is 3.01. The van der Waals surface area contributed by atoms with Crippen molar-refractivity contribution in [3.05, 3.63) is 59.6 Å². The van der Waals surface area contributed by atoms with E-state index >= 15 is 0 Å². The Morgan fingerprint density at radius 3 is 2.50 bits per heavy atom. The number of azo groups is 1. The molecule has 0 fully saturated rings. The Bertz CT molecular complexity index is 955. The van der Waals surface area contributed by atoms with E-state index in [0.29, 0.717) is 34.6 Å². The number of nitrogens with zero attached hydrogens (tertiary/aromatic N) is 4. The topological polar surface area (TPSA) is 77.8 Å². The molecule has 0 spiro atoms. The SMILES string of the molecule is CCOc1c(N=Nc2ccccc2Cl)c(-c2ccccc2)nn1C(N)=S. The average molecular weight is 386 g/mol. The maximum absolute atomic E-state index is 6.16. The largest absolute Gasteiger partial charge is 0.476 e. The van der Waals surface area contributed by atoms with Crippen LogP contribution < -0.4 is 10.5 Å². The normalized spacial score (nSPS) is 11.0. The third-order valence-corrected chi connectivity index (χ3v) is 3.96. The van der Waals surface area contributed by atoms with Gasteiger partial charge in [-0.2, -0.15) is 9.78 Å². The van der Waals surface area contributed by atoms with Crippen LogP contribution in [-0.4, -0.2) is 21.5 Å². The highest BCUT2D eigenvalue weighted by atomic mass is 35.5. The molecular formula is C18H16ClN5OS. The van der Waals surface area contributed by atoms with E-state index in [0.717, 1.165) is 5.56 Å². The number of aromatic nitrogens is 2. The van der Waals surface area contributed by atoms with Gasteiger partial charge in [-0.15, -0.1) is 10.2 Å². The summed E-state index contributed by atoms with van der Waals surface area (Å²) in [6.45, 7) is 2.26. The van der Waals surface area contributed by atoms with Gasteiger partial charge in [0.25, 0.3) is 0 Å². The molecule has 132 valence electrons. The first-order chi connectivity index (χ1) is 12.6. The van der Waals surface area contributed by atoms with Gasteiger partial charge in [0.1, 0.15) is 11.4 Å². The van der Waals surface area contributed by atoms with Crippen molar-refractivity contribution in [3.63, 3.8) is 0 Å². The Labute approximate surface area is 161 Å². The molecular weight excluding hydrogens is 370 g/mol. The number of benzene rings is 2. The number of hydrogen-bond donors (Lipinski definition) is 1. The Morgan fingerprint density at radius 1 is 1.15 bits per heavy atom. The summed E-state index contributed by atoms with van der Waals surface area (Å²) >= 11 is 11.2. The van der Waals surface area contributed by atoms with E-state index in [1.54, 1.807) is 12.1 Å². The van der Waals surface area contributed by atoms with E-state index in [4.69, 9.17) is 34.3 Å². The molecule has 6 nitrogen and oxygen atoms in total. The fourth-order valence-corrected chi connectivity index (χ4v) is 2.62. The molecule has 3 aromatic rings. The van der Waals surface area contributed by atoms with Gasteiger partial charge in [-0.3, -0.25) is 0 Å². The van der Waals surface area contributed by atoms with E-state index in [1.165, 1.54) is 4.68 Å². The molecule has 0 saturated heterocycles. The van der Waals surface area contributed by atoms with Crippen LogP contribution in [0.3, 0.4) is 0 Å². The van der Waals surface area contributed by atoms with Crippen LogP contribution in [0, 0.1) is 0 Å². The van der Waals surface area contributed by atoms with Gasteiger partial charge in [-0.25, -0.2) is 0 Å². The highest BCUT2D eigenvalue weighted by molar-refractivity contribution is 7.80. The van der Waals surface area contributed by atoms with Crippen molar-refractivity contribution >= 4 is 40.3 Å². The summed E-state index contributed by atoms with van der Waals surface area (Å²) in [5.74, 6) is 0.342. The number of halogens is 1. The Balaban J connectivity index is 2.17. The van der Waals surface area contributed by atoms with E-state index < -0.39 is 0 Å². The van der Waals surface area contributed by atoms with Crippen LogP contribution in [0.5, 0.6) is 5.88 Å². The van der Waals surface area contributed by atoms with Crippen molar-refractivity contribution in [2.45, 2.75) is 6.92 Å². The summed E-state index contributed by atoms with van der Waals surface area (Å²) in [7, 11) is 0. The second-order valence-corrected chi connectivity index (χ2v) is 6.03. The van der Waals surface area contributed by atoms with Crippen LogP contribution in [0.1, 0.15) is 6.92 Å². The van der Waals surface area contributed by atoms with Crippen molar-refractivity contribution in [2.24, 2.45) is 16.0 Å². The molecule has 0 aliphatic carbocycles. The first-order valence-electron chi connectivity index (χ1n) is 7.89. The fourth-order valence-electron chi connectivity index (χ4n) is 2.33. The van der Waals surface area contributed by atoms with Gasteiger partial charge in [0, 0.05) is 5.56 Å². The second-order valence-electron chi connectivity index (χ2n) is 5.20. The van der Waals surface area contributed by atoms with Gasteiger partial charge in [0.05, 0.1) is 11.6 Å². The van der Waals surface area contributed by atoms with Gasteiger partial charge in [0.15, 0.2) is 10.8 Å². The van der Waals surface area contributed by atoms with Crippen molar-refractivity contribution < 1.29 is 4.74 Å². The van der Waals surface area contributed by atoms with E-state index in [-0.39, 0.29) is 5.11 Å². The molecule has 0 aliphatic rings. The zero-order valence-electron chi connectivity index (χ0n) is 14.0. The summed E-state index contributed by atoms with van der Waals surface area (Å²) in [4.78, 5) is 0. The third kappa shape index (κ3) is 3.74. The molecule has 1 aromatic heterocycles. The molecule has 3 rings (SSSR count). The fraction of sp³-hybridized carbons (Fsp3) is 0.111. The molecule has 1 heterocycles. The molecule has 0 aliphatic heterocycles. The number of thiocarbonyl (C=S) groups is 1. The lowest BCUT2D eigenvalue weighted by molar-refractivity contribution is 0.320. The number of nitrogens with two attached hydrogens (primary N) is 1. The molecule has 0 saturated carbocycles. The van der Waals surface area contributed by atoms with E-state index in [9.17, 15) is 0 Å². The molecule has 0 unspecified atom stereocenters. The van der Waals surface area contributed by atoms with Crippen molar-refractivity contribution in [2.75, 3.05) is 6.61 Å². The van der Waals surface area contributed by atoms with Crippen LogP contribution in [0.15, 0.2) is 64.8 Å². The van der Waals surface area contributed by atoms with Gasteiger partial charge in [-0.1, -0.05) is 54.1 Å². The van der Waals surface area contributed by atoms with Crippen molar-refractivity contribution in [3.8, 4) is 17.1 Å². The minimum Gasteiger partial charge on any atom is -0.476 e. The summed E-state index contributed by atoms with van der Waals surface area (Å²) in [6.07, 6.45) is 0. The van der Waals surface area contributed by atoms with Crippen molar-refractivity contribution in [1.82, 2.24) is 9.78 Å². The monoisotopic (exact) mass is 385 g/mol. The Kier molecular flexibility index (Phi) is 5.60. The Morgan fingerprint density at radius 2 is 1.85 bits per heavy atom. The standard InChI is InChI=1S/C18H16ClN5OS/c1-2-25-17-16(22-21-14-11-7-6-10-13(14)19)15(23-24(17)18(20)26)12-8-4-3-5-9-12/h3-11H,2H2,1H3,(H2,20,26). The molecule has 8 heteroatoms. The van der Waals surface area contributed by atoms with Gasteiger partial charge < -0.3 is 10.5 Å². The first-order valence-corrected chi connectivity index (χ1v) is 8.67. The minimum absolute atomic E-state index is 0.0600. The highest BCUT2D eigenvalue weighted by Crippen LogP contribution is 2.39. The van der Waals surface area contributed by atoms with Crippen LogP contribution in [0.4, 0.5) is 11.4 Å². The van der Waals surface area contributed by atoms with Gasteiger partial charge in [0.2, 0.25) is 5.88 Å². The van der Waals surface area contributed by atoms with Crippen molar-refractivity contribution in [1.29, 1.82) is 0 Å². The second kappa shape index (κ2) is 8.07. The summed E-state index contributed by atoms with van der Waals surface area (Å²) in [6, 6.07) is 16.7. The predicted octanol–water partition coefficient (Wildman–Crippen LogP) is 5.11. The smallest absolute Gasteiger partial charge is 0.248 e. The summed E-state index contributed by atoms with van der Waals surface area (Å²) < 4.78 is 7.05. The third-order valence-electron chi connectivity index (χ3n) is 3.47. The quantitative estimate of drug-likeness (QED) is 0.489. The molecule has 0 bridgehead atoms. The first kappa shape index (κ1) is 18.0. The predicted molar refractivity (Wildman–Crippen MR) is 107 cm³/mol. The lowest BCUT2D eigenvalue weighted by atomic mass is 10.1. The summed E-state index contributed by atoms with van der Waals surface area (Å²) in [5.41, 5.74) is 8.18. The number of hydrogen-bond acceptors (Lipinski definition) is 5. The Hall–Kier alpha value is -2.77. The minimum atomic E-state index is 0.0600. The molecule has 0 atom stereocenters. The highest BCUT2D eigenvalue weighted by Gasteiger charge is 2.22. The summed E-state index contributed by atoms with van der Waals surface area (Å²) in [5, 5.41) is 13.6. The number of ether oxygens (including phenoxy) is 1. The molecule has 2 aromatic carbocycles. The molecule has 2 N–H and O–H groups in total. The zero-order chi connectivity index (χ0) is 18.5. The van der Waals surface area contributed by atoms with Gasteiger partial charge in [-0.05, 0) is 31.3 Å². The van der Waals surface area contributed by atoms with Gasteiger partial charge >= 0.3 is 0 Å². The zero-order valence-corrected chi connectivity index (χ0v) is 15.5. The van der Waals surface area contributed by atoms with E-state index in [2.05, 4.69) is 15.3 Å². The van der Waals surface area contributed by atoms with Crippen LogP contribution in [-0.2, 0) is 0 Å². The van der Waals surface area contributed by atoms with Crippen LogP contribution >= 0.6 is 23.8 Å². The molecule has 0 amide bonds. The lowest BCUT2D eigenvalue weighted by Gasteiger charge is -2.05. The molecule has 0 radical (unpaired) electrons. The maximum atomic E-state index is 6.16. The maximum Gasteiger partial charge on any atom is 0.248 e. The van der Waals surface area contributed by atoms with Crippen LogP contribution in [0.2, 0.25) is 5.02 Å².